The van der Waals surface area contributed by atoms with Crippen LogP contribution in [0, 0.1) is 10.1 Å². The topological polar surface area (TPSA) is 87.3 Å². The Balaban J connectivity index is 2.14. The van der Waals surface area contributed by atoms with Crippen molar-refractivity contribution < 1.29 is 22.8 Å². The first kappa shape index (κ1) is 19.6. The Hall–Kier alpha value is -3.14. The number of nitro groups is 1. The minimum Gasteiger partial charge on any atom is -0.406 e. The highest BCUT2D eigenvalue weighted by atomic mass is 35.5. The van der Waals surface area contributed by atoms with Crippen LogP contribution in [0.25, 0.3) is 11.0 Å². The van der Waals surface area contributed by atoms with E-state index in [1.807, 2.05) is 0 Å². The fourth-order valence-corrected chi connectivity index (χ4v) is 3.10. The molecule has 11 heteroatoms. The van der Waals surface area contributed by atoms with Crippen molar-refractivity contribution in [2.45, 2.75) is 19.3 Å². The quantitative estimate of drug-likeness (QED) is 0.465. The summed E-state index contributed by atoms with van der Waals surface area (Å²) in [5.74, 6) is -0.433. The van der Waals surface area contributed by atoms with Crippen LogP contribution in [0.15, 0.2) is 47.4 Å². The van der Waals surface area contributed by atoms with E-state index in [0.717, 1.165) is 24.4 Å². The molecule has 3 rings (SSSR count). The first-order valence-corrected chi connectivity index (χ1v) is 8.16. The van der Waals surface area contributed by atoms with Gasteiger partial charge in [-0.2, -0.15) is 0 Å². The van der Waals surface area contributed by atoms with Gasteiger partial charge in [-0.25, -0.2) is 4.98 Å². The van der Waals surface area contributed by atoms with Crippen LogP contribution in [0.1, 0.15) is 18.5 Å². The number of benzene rings is 2. The van der Waals surface area contributed by atoms with E-state index in [1.54, 1.807) is 6.92 Å². The number of ether oxygens (including phenoxy) is 1. The Morgan fingerprint density at radius 3 is 2.64 bits per heavy atom. The molecule has 146 valence electrons. The van der Waals surface area contributed by atoms with Gasteiger partial charge in [0.2, 0.25) is 0 Å². The van der Waals surface area contributed by atoms with Crippen LogP contribution < -0.4 is 10.3 Å². The summed E-state index contributed by atoms with van der Waals surface area (Å²) in [5, 5.41) is 10.8. The molecule has 0 saturated carbocycles. The van der Waals surface area contributed by atoms with Gasteiger partial charge in [-0.1, -0.05) is 23.7 Å². The summed E-state index contributed by atoms with van der Waals surface area (Å²) in [6.45, 7) is 1.59. The number of nitro benzene ring substituents is 1. The number of rotatable bonds is 4. The zero-order valence-electron chi connectivity index (χ0n) is 14.1. The van der Waals surface area contributed by atoms with Crippen molar-refractivity contribution in [3.8, 4) is 5.75 Å². The first-order chi connectivity index (χ1) is 13.1. The largest absolute Gasteiger partial charge is 0.573 e. The van der Waals surface area contributed by atoms with Crippen LogP contribution >= 0.6 is 11.6 Å². The summed E-state index contributed by atoms with van der Waals surface area (Å²) in [4.78, 5) is 26.6. The Kier molecular flexibility index (Phi) is 4.99. The predicted molar refractivity (Wildman–Crippen MR) is 94.6 cm³/mol. The molecule has 0 unspecified atom stereocenters. The average Bonchev–Trinajstić information content (AvgIpc) is 2.60. The summed E-state index contributed by atoms with van der Waals surface area (Å²) in [6.07, 6.45) is -3.90. The molecule has 0 aliphatic heterocycles. The minimum absolute atomic E-state index is 0.0324. The Bertz CT molecular complexity index is 1130. The van der Waals surface area contributed by atoms with E-state index in [4.69, 9.17) is 11.6 Å². The lowest BCUT2D eigenvalue weighted by molar-refractivity contribution is -0.384. The maximum absolute atomic E-state index is 12.5. The van der Waals surface area contributed by atoms with Gasteiger partial charge in [0.15, 0.2) is 0 Å². The second-order valence-corrected chi connectivity index (χ2v) is 6.16. The second kappa shape index (κ2) is 7.12. The van der Waals surface area contributed by atoms with Crippen molar-refractivity contribution in [3.05, 3.63) is 73.6 Å². The molecule has 0 saturated heterocycles. The SMILES string of the molecule is C[C@@H](c1cccc(OC(F)(F)F)c1)n1c(=O)cnc2c(Cl)c([N+](=O)[O-])ccc21. The predicted octanol–water partition coefficient (Wildman–Crippen LogP) is 4.47. The third-order valence-electron chi connectivity index (χ3n) is 4.03. The van der Waals surface area contributed by atoms with Gasteiger partial charge in [-0.05, 0) is 30.7 Å². The molecule has 0 fully saturated rings. The standard InChI is InChI=1S/C17H11ClF3N3O4/c1-9(10-3-2-4-11(7-10)28-17(19,20)21)23-13-6-5-12(24(26)27)15(18)16(13)22-8-14(23)25/h2-9H,1H3/t9-/m0/s1. The number of halogens is 4. The third-order valence-corrected chi connectivity index (χ3v) is 4.41. The molecule has 0 aliphatic carbocycles. The Morgan fingerprint density at radius 1 is 1.29 bits per heavy atom. The van der Waals surface area contributed by atoms with E-state index in [9.17, 15) is 28.1 Å². The van der Waals surface area contributed by atoms with Crippen LogP contribution in [0.4, 0.5) is 18.9 Å². The molecule has 2 aromatic carbocycles. The highest BCUT2D eigenvalue weighted by molar-refractivity contribution is 6.37. The fourth-order valence-electron chi connectivity index (χ4n) is 2.82. The zero-order chi connectivity index (χ0) is 20.6. The Morgan fingerprint density at radius 2 is 2.00 bits per heavy atom. The molecule has 0 aliphatic rings. The molecule has 0 radical (unpaired) electrons. The molecule has 3 aromatic rings. The van der Waals surface area contributed by atoms with Gasteiger partial charge in [0.05, 0.1) is 22.7 Å². The first-order valence-electron chi connectivity index (χ1n) is 7.78. The highest BCUT2D eigenvalue weighted by Gasteiger charge is 2.31. The average molecular weight is 414 g/mol. The second-order valence-electron chi connectivity index (χ2n) is 5.79. The van der Waals surface area contributed by atoms with E-state index >= 15 is 0 Å². The number of nitrogens with zero attached hydrogens (tertiary/aromatic N) is 3. The normalized spacial score (nSPS) is 12.8. The van der Waals surface area contributed by atoms with Gasteiger partial charge >= 0.3 is 6.36 Å². The van der Waals surface area contributed by atoms with E-state index < -0.39 is 28.6 Å². The van der Waals surface area contributed by atoms with E-state index in [-0.39, 0.29) is 21.7 Å². The molecule has 1 heterocycles. The van der Waals surface area contributed by atoms with Gasteiger partial charge in [-0.3, -0.25) is 19.5 Å². The van der Waals surface area contributed by atoms with Crippen LogP contribution in [-0.4, -0.2) is 20.8 Å². The lowest BCUT2D eigenvalue weighted by Gasteiger charge is -2.19. The van der Waals surface area contributed by atoms with Crippen molar-refractivity contribution in [1.29, 1.82) is 0 Å². The maximum Gasteiger partial charge on any atom is 0.573 e. The number of hydrogen-bond donors (Lipinski definition) is 0. The molecule has 28 heavy (non-hydrogen) atoms. The minimum atomic E-state index is -4.85. The molecule has 7 nitrogen and oxygen atoms in total. The van der Waals surface area contributed by atoms with E-state index in [0.29, 0.717) is 5.56 Å². The molecule has 0 bridgehead atoms. The third kappa shape index (κ3) is 3.77. The van der Waals surface area contributed by atoms with Crippen LogP contribution in [0.3, 0.4) is 0 Å². The van der Waals surface area contributed by atoms with Crippen molar-refractivity contribution in [1.82, 2.24) is 9.55 Å². The monoisotopic (exact) mass is 413 g/mol. The molecule has 1 atom stereocenters. The number of fused-ring (bicyclic) bond motifs is 1. The lowest BCUT2D eigenvalue weighted by atomic mass is 10.1. The number of hydrogen-bond acceptors (Lipinski definition) is 5. The van der Waals surface area contributed by atoms with Gasteiger partial charge < -0.3 is 4.74 Å². The molecule has 0 N–H and O–H groups in total. The smallest absolute Gasteiger partial charge is 0.406 e. The van der Waals surface area contributed by atoms with Gasteiger partial charge in [-0.15, -0.1) is 13.2 Å². The van der Waals surface area contributed by atoms with Gasteiger partial charge in [0.1, 0.15) is 16.3 Å². The van der Waals surface area contributed by atoms with Crippen molar-refractivity contribution >= 4 is 28.3 Å². The van der Waals surface area contributed by atoms with Gasteiger partial charge in [0, 0.05) is 6.07 Å². The van der Waals surface area contributed by atoms with Crippen molar-refractivity contribution in [3.63, 3.8) is 0 Å². The zero-order valence-corrected chi connectivity index (χ0v) is 14.9. The summed E-state index contributed by atoms with van der Waals surface area (Å²) in [5.41, 5.74) is -0.333. The maximum atomic E-state index is 12.5. The molecule has 0 amide bonds. The van der Waals surface area contributed by atoms with Crippen LogP contribution in [0.5, 0.6) is 5.75 Å². The van der Waals surface area contributed by atoms with E-state index in [2.05, 4.69) is 9.72 Å². The van der Waals surface area contributed by atoms with Crippen LogP contribution in [0.2, 0.25) is 5.02 Å². The summed E-state index contributed by atoms with van der Waals surface area (Å²) in [7, 11) is 0. The number of alkyl halides is 3. The van der Waals surface area contributed by atoms with Crippen molar-refractivity contribution in [2.24, 2.45) is 0 Å². The molecular weight excluding hydrogens is 403 g/mol. The highest BCUT2D eigenvalue weighted by Crippen LogP contribution is 2.33. The molecule has 0 spiro atoms. The van der Waals surface area contributed by atoms with Gasteiger partial charge in [0.25, 0.3) is 11.2 Å². The lowest BCUT2D eigenvalue weighted by Crippen LogP contribution is -2.24. The summed E-state index contributed by atoms with van der Waals surface area (Å²) in [6, 6.07) is 6.91. The molecule has 1 aromatic heterocycles. The van der Waals surface area contributed by atoms with E-state index in [1.165, 1.54) is 22.8 Å². The fraction of sp³-hybridized carbons (Fsp3) is 0.176. The summed E-state index contributed by atoms with van der Waals surface area (Å²) >= 11 is 6.04. The van der Waals surface area contributed by atoms with Crippen molar-refractivity contribution in [2.75, 3.05) is 0 Å². The summed E-state index contributed by atoms with van der Waals surface area (Å²) < 4.78 is 42.5. The van der Waals surface area contributed by atoms with Crippen LogP contribution in [-0.2, 0) is 0 Å². The molecular formula is C17H11ClF3N3O4. The Labute approximate surface area is 160 Å². The number of aromatic nitrogens is 2.